The lowest BCUT2D eigenvalue weighted by atomic mass is 9.89. The molecule has 0 fully saturated rings. The second-order valence-electron chi connectivity index (χ2n) is 2.83. The average Bonchev–Trinajstić information content (AvgIpc) is 1.95. The van der Waals surface area contributed by atoms with E-state index in [4.69, 9.17) is 10.1 Å². The van der Waals surface area contributed by atoms with Crippen molar-refractivity contribution in [2.45, 2.75) is 32.5 Å². The van der Waals surface area contributed by atoms with E-state index < -0.39 is 13.0 Å². The molecule has 0 heterocycles. The van der Waals surface area contributed by atoms with E-state index in [1.54, 1.807) is 6.82 Å². The van der Waals surface area contributed by atoms with Gasteiger partial charge in [-0.05, 0) is 26.2 Å². The standard InChI is InChI=1S/C7H16BNO3/c1-8(12)9-6-4-2-3-5-7(10)11/h9,12H,2-6H2,1H3,(H,10,11). The van der Waals surface area contributed by atoms with Crippen LogP contribution < -0.4 is 5.23 Å². The monoisotopic (exact) mass is 173 g/mol. The number of carbonyl (C=O) groups is 1. The highest BCUT2D eigenvalue weighted by atomic mass is 16.4. The first-order valence-electron chi connectivity index (χ1n) is 4.26. The fraction of sp³-hybridized carbons (Fsp3) is 0.857. The third kappa shape index (κ3) is 9.45. The molecule has 0 amide bonds. The van der Waals surface area contributed by atoms with Gasteiger partial charge in [-0.1, -0.05) is 6.42 Å². The van der Waals surface area contributed by atoms with E-state index in [-0.39, 0.29) is 6.42 Å². The lowest BCUT2D eigenvalue weighted by molar-refractivity contribution is -0.137. The molecule has 0 saturated heterocycles. The number of rotatable bonds is 7. The van der Waals surface area contributed by atoms with Crippen molar-refractivity contribution < 1.29 is 14.9 Å². The van der Waals surface area contributed by atoms with Gasteiger partial charge in [0.25, 0.3) is 0 Å². The molecule has 0 atom stereocenters. The molecule has 3 N–H and O–H groups in total. The summed E-state index contributed by atoms with van der Waals surface area (Å²) in [6.07, 6.45) is 2.77. The molecule has 12 heavy (non-hydrogen) atoms. The predicted octanol–water partition coefficient (Wildman–Crippen LogP) is 0.331. The smallest absolute Gasteiger partial charge is 0.373 e. The van der Waals surface area contributed by atoms with Crippen molar-refractivity contribution in [1.29, 1.82) is 0 Å². The van der Waals surface area contributed by atoms with Gasteiger partial charge in [0.15, 0.2) is 0 Å². The Bertz CT molecular complexity index is 130. The summed E-state index contributed by atoms with van der Waals surface area (Å²) in [6.45, 7) is 2.41. The Morgan fingerprint density at radius 1 is 1.42 bits per heavy atom. The van der Waals surface area contributed by atoms with Crippen LogP contribution >= 0.6 is 0 Å². The maximum atomic E-state index is 10.1. The number of carboxylic acid groups (broad SMARTS) is 1. The Kier molecular flexibility index (Phi) is 6.80. The van der Waals surface area contributed by atoms with E-state index in [1.165, 1.54) is 0 Å². The van der Waals surface area contributed by atoms with E-state index >= 15 is 0 Å². The number of unbranched alkanes of at least 4 members (excludes halogenated alkanes) is 2. The molecule has 0 rings (SSSR count). The van der Waals surface area contributed by atoms with Crippen molar-refractivity contribution in [1.82, 2.24) is 5.23 Å². The Morgan fingerprint density at radius 2 is 2.08 bits per heavy atom. The second-order valence-corrected chi connectivity index (χ2v) is 2.83. The van der Waals surface area contributed by atoms with Crippen molar-refractivity contribution in [2.24, 2.45) is 0 Å². The van der Waals surface area contributed by atoms with Crippen LogP contribution in [0.5, 0.6) is 0 Å². The van der Waals surface area contributed by atoms with Crippen LogP contribution in [0.15, 0.2) is 0 Å². The number of aliphatic carboxylic acids is 1. The van der Waals surface area contributed by atoms with Crippen molar-refractivity contribution in [3.05, 3.63) is 0 Å². The van der Waals surface area contributed by atoms with Crippen LogP contribution in [-0.4, -0.2) is 29.7 Å². The Hall–Kier alpha value is -0.545. The normalized spacial score (nSPS) is 9.83. The molecule has 0 aromatic heterocycles. The van der Waals surface area contributed by atoms with Gasteiger partial charge in [-0.25, -0.2) is 0 Å². The first-order chi connectivity index (χ1) is 5.63. The molecule has 0 bridgehead atoms. The maximum Gasteiger partial charge on any atom is 0.373 e. The fourth-order valence-corrected chi connectivity index (χ4v) is 0.889. The third-order valence-electron chi connectivity index (χ3n) is 1.51. The summed E-state index contributed by atoms with van der Waals surface area (Å²) in [5, 5.41) is 19.9. The Morgan fingerprint density at radius 3 is 2.58 bits per heavy atom. The Labute approximate surface area is 73.1 Å². The van der Waals surface area contributed by atoms with Crippen LogP contribution in [0.3, 0.4) is 0 Å². The van der Waals surface area contributed by atoms with E-state index in [0.29, 0.717) is 0 Å². The van der Waals surface area contributed by atoms with E-state index in [9.17, 15) is 4.79 Å². The number of hydrogen-bond acceptors (Lipinski definition) is 3. The van der Waals surface area contributed by atoms with Gasteiger partial charge in [0.1, 0.15) is 0 Å². The molecule has 0 aliphatic heterocycles. The summed E-state index contributed by atoms with van der Waals surface area (Å²) in [5.41, 5.74) is 0. The molecule has 0 radical (unpaired) electrons. The molecule has 0 spiro atoms. The number of carboxylic acids is 1. The van der Waals surface area contributed by atoms with E-state index in [0.717, 1.165) is 25.8 Å². The highest BCUT2D eigenvalue weighted by Crippen LogP contribution is 1.98. The van der Waals surface area contributed by atoms with Gasteiger partial charge in [0.05, 0.1) is 0 Å². The van der Waals surface area contributed by atoms with Crippen molar-refractivity contribution in [3.8, 4) is 0 Å². The number of hydrogen-bond donors (Lipinski definition) is 3. The summed E-state index contributed by atoms with van der Waals surface area (Å²) in [5.74, 6) is -0.738. The molecule has 5 heteroatoms. The quantitative estimate of drug-likeness (QED) is 0.383. The van der Waals surface area contributed by atoms with E-state index in [1.807, 2.05) is 0 Å². The van der Waals surface area contributed by atoms with Crippen molar-refractivity contribution >= 4 is 13.0 Å². The first kappa shape index (κ1) is 11.5. The maximum absolute atomic E-state index is 10.1. The van der Waals surface area contributed by atoms with Crippen molar-refractivity contribution in [3.63, 3.8) is 0 Å². The highest BCUT2D eigenvalue weighted by molar-refractivity contribution is 6.45. The van der Waals surface area contributed by atoms with Crippen LogP contribution in [0.4, 0.5) is 0 Å². The molecule has 0 aliphatic carbocycles. The predicted molar refractivity (Wildman–Crippen MR) is 47.9 cm³/mol. The minimum Gasteiger partial charge on any atom is -0.481 e. The summed E-state index contributed by atoms with van der Waals surface area (Å²) in [7, 11) is -0.468. The SMILES string of the molecule is CB(O)NCCCCCC(=O)O. The third-order valence-corrected chi connectivity index (χ3v) is 1.51. The molecule has 0 unspecified atom stereocenters. The minimum atomic E-state index is -0.738. The van der Waals surface area contributed by atoms with Crippen LogP contribution in [0, 0.1) is 0 Å². The van der Waals surface area contributed by atoms with Gasteiger partial charge < -0.3 is 15.4 Å². The molecule has 4 nitrogen and oxygen atoms in total. The Balaban J connectivity index is 2.96. The molecule has 0 aromatic carbocycles. The molecule has 0 aromatic rings. The van der Waals surface area contributed by atoms with Gasteiger partial charge in [-0.15, -0.1) is 0 Å². The second kappa shape index (κ2) is 7.12. The molecule has 70 valence electrons. The molecule has 0 aliphatic rings. The van der Waals surface area contributed by atoms with Crippen LogP contribution in [0.25, 0.3) is 0 Å². The van der Waals surface area contributed by atoms with Crippen LogP contribution in [0.2, 0.25) is 6.82 Å². The lowest BCUT2D eigenvalue weighted by Gasteiger charge is -2.02. The summed E-state index contributed by atoms with van der Waals surface area (Å²) in [4.78, 5) is 10.1. The summed E-state index contributed by atoms with van der Waals surface area (Å²) < 4.78 is 0. The average molecular weight is 173 g/mol. The van der Waals surface area contributed by atoms with Gasteiger partial charge in [-0.3, -0.25) is 4.79 Å². The fourth-order valence-electron chi connectivity index (χ4n) is 0.889. The minimum absolute atomic E-state index is 0.245. The van der Waals surface area contributed by atoms with Gasteiger partial charge in [0.2, 0.25) is 0 Å². The van der Waals surface area contributed by atoms with Crippen LogP contribution in [0.1, 0.15) is 25.7 Å². The van der Waals surface area contributed by atoms with Crippen molar-refractivity contribution in [2.75, 3.05) is 6.54 Å². The zero-order chi connectivity index (χ0) is 9.40. The zero-order valence-electron chi connectivity index (χ0n) is 7.42. The first-order valence-corrected chi connectivity index (χ1v) is 4.26. The lowest BCUT2D eigenvalue weighted by Crippen LogP contribution is -2.31. The molecular formula is C7H16BNO3. The molecular weight excluding hydrogens is 157 g/mol. The topological polar surface area (TPSA) is 69.6 Å². The zero-order valence-corrected chi connectivity index (χ0v) is 7.42. The number of nitrogens with one attached hydrogen (secondary N) is 1. The van der Waals surface area contributed by atoms with E-state index in [2.05, 4.69) is 5.23 Å². The van der Waals surface area contributed by atoms with Gasteiger partial charge >= 0.3 is 13.0 Å². The summed E-state index contributed by atoms with van der Waals surface area (Å²) >= 11 is 0. The summed E-state index contributed by atoms with van der Waals surface area (Å²) in [6, 6.07) is 0. The largest absolute Gasteiger partial charge is 0.481 e. The van der Waals surface area contributed by atoms with Crippen LogP contribution in [-0.2, 0) is 4.79 Å². The highest BCUT2D eigenvalue weighted by Gasteiger charge is 2.00. The van der Waals surface area contributed by atoms with Gasteiger partial charge in [-0.2, -0.15) is 0 Å². The molecule has 0 saturated carbocycles. The van der Waals surface area contributed by atoms with Gasteiger partial charge in [0, 0.05) is 6.42 Å².